The van der Waals surface area contributed by atoms with Crippen LogP contribution in [0.1, 0.15) is 69.3 Å². The second-order valence-electron chi connectivity index (χ2n) is 11.8. The van der Waals surface area contributed by atoms with E-state index in [1.807, 2.05) is 67.3 Å². The first-order valence-corrected chi connectivity index (χ1v) is 15.9. The van der Waals surface area contributed by atoms with Crippen LogP contribution in [0.5, 0.6) is 0 Å². The molecule has 1 N–H and O–H groups in total. The minimum atomic E-state index is -0.188. The molecule has 1 aliphatic carbocycles. The SMILES string of the molecule is CNC(=O)c1ccc(-n2c(N(Cc3ccccc3)C3CCC3)nc3c(c2=O)CC(C)N(C(=O)c2ccc(Br)c(C)c2)C3)cc1. The Balaban J connectivity index is 1.47. The number of nitrogens with zero attached hydrogens (tertiary/aromatic N) is 4. The fraction of sp³-hybridized carbons (Fsp3) is 0.314. The van der Waals surface area contributed by atoms with Crippen LogP contribution in [0.25, 0.3) is 5.69 Å². The predicted octanol–water partition coefficient (Wildman–Crippen LogP) is 5.81. The van der Waals surface area contributed by atoms with Crippen LogP contribution in [0.15, 0.2) is 82.1 Å². The zero-order valence-corrected chi connectivity index (χ0v) is 26.8. The Kier molecular flexibility index (Phi) is 8.40. The first kappa shape index (κ1) is 29.8. The van der Waals surface area contributed by atoms with Crippen molar-refractivity contribution in [3.63, 3.8) is 0 Å². The zero-order valence-electron chi connectivity index (χ0n) is 25.2. The van der Waals surface area contributed by atoms with Gasteiger partial charge in [-0.3, -0.25) is 14.4 Å². The van der Waals surface area contributed by atoms with Crippen molar-refractivity contribution in [2.24, 2.45) is 0 Å². The third-order valence-electron chi connectivity index (χ3n) is 8.84. The number of aryl methyl sites for hydroxylation is 1. The third-order valence-corrected chi connectivity index (χ3v) is 9.73. The summed E-state index contributed by atoms with van der Waals surface area (Å²) >= 11 is 3.53. The van der Waals surface area contributed by atoms with E-state index in [9.17, 15) is 14.4 Å². The molecule has 1 aromatic heterocycles. The van der Waals surface area contributed by atoms with Gasteiger partial charge in [0.1, 0.15) is 0 Å². The minimum absolute atomic E-state index is 0.0730. The first-order valence-electron chi connectivity index (χ1n) is 15.1. The number of rotatable bonds is 7. The molecule has 0 spiro atoms. The maximum absolute atomic E-state index is 14.5. The number of benzene rings is 3. The van der Waals surface area contributed by atoms with Gasteiger partial charge in [-0.15, -0.1) is 0 Å². The van der Waals surface area contributed by atoms with Crippen molar-refractivity contribution in [2.45, 2.75) is 64.7 Å². The van der Waals surface area contributed by atoms with E-state index in [0.29, 0.717) is 47.0 Å². The second kappa shape index (κ2) is 12.4. The van der Waals surface area contributed by atoms with Crippen molar-refractivity contribution in [1.82, 2.24) is 19.8 Å². The molecule has 2 aliphatic rings. The van der Waals surface area contributed by atoms with E-state index < -0.39 is 0 Å². The normalized spacial score (nSPS) is 16.2. The quantitative estimate of drug-likeness (QED) is 0.272. The highest BCUT2D eigenvalue weighted by Gasteiger charge is 2.35. The molecule has 6 rings (SSSR count). The Labute approximate surface area is 265 Å². The van der Waals surface area contributed by atoms with Crippen molar-refractivity contribution in [3.05, 3.63) is 121 Å². The molecule has 226 valence electrons. The lowest BCUT2D eigenvalue weighted by molar-refractivity contribution is 0.0652. The molecule has 2 heterocycles. The van der Waals surface area contributed by atoms with Crippen LogP contribution in [-0.2, 0) is 19.5 Å². The van der Waals surface area contributed by atoms with E-state index >= 15 is 0 Å². The molecule has 9 heteroatoms. The van der Waals surface area contributed by atoms with Gasteiger partial charge in [-0.25, -0.2) is 9.55 Å². The number of hydrogen-bond donors (Lipinski definition) is 1. The molecule has 1 aliphatic heterocycles. The maximum atomic E-state index is 14.5. The monoisotopic (exact) mass is 653 g/mol. The lowest BCUT2D eigenvalue weighted by Crippen LogP contribution is -2.48. The molecule has 0 saturated heterocycles. The summed E-state index contributed by atoms with van der Waals surface area (Å²) < 4.78 is 2.66. The summed E-state index contributed by atoms with van der Waals surface area (Å²) in [4.78, 5) is 49.8. The Hall–Kier alpha value is -4.24. The lowest BCUT2D eigenvalue weighted by atomic mass is 9.91. The number of carbonyl (C=O) groups excluding carboxylic acids is 2. The van der Waals surface area contributed by atoms with Crippen LogP contribution in [0.4, 0.5) is 5.95 Å². The number of anilines is 1. The van der Waals surface area contributed by atoms with E-state index in [1.165, 1.54) is 0 Å². The number of amides is 2. The molecule has 0 radical (unpaired) electrons. The van der Waals surface area contributed by atoms with Crippen LogP contribution >= 0.6 is 15.9 Å². The maximum Gasteiger partial charge on any atom is 0.263 e. The standard InChI is InChI=1S/C35H36BrN5O3/c1-22-18-26(14-17-30(22)36)33(43)39-21-31-29(19-23(39)2)34(44)41(28-15-12-25(13-16-28)32(42)37-3)35(38-31)40(27-10-7-11-27)20-24-8-5-4-6-9-24/h4-6,8-9,12-18,23,27H,7,10-11,19-21H2,1-3H3,(H,37,42). The number of hydrogen-bond acceptors (Lipinski definition) is 5. The number of aromatic nitrogens is 2. The summed E-state index contributed by atoms with van der Waals surface area (Å²) in [6.07, 6.45) is 3.55. The highest BCUT2D eigenvalue weighted by Crippen LogP contribution is 2.33. The molecule has 44 heavy (non-hydrogen) atoms. The molecule has 1 fully saturated rings. The minimum Gasteiger partial charge on any atom is -0.355 e. The molecule has 0 bridgehead atoms. The van der Waals surface area contributed by atoms with Gasteiger partial charge >= 0.3 is 0 Å². The van der Waals surface area contributed by atoms with Crippen LogP contribution in [0.2, 0.25) is 0 Å². The van der Waals surface area contributed by atoms with Gasteiger partial charge in [0.25, 0.3) is 17.4 Å². The summed E-state index contributed by atoms with van der Waals surface area (Å²) in [5, 5.41) is 2.65. The van der Waals surface area contributed by atoms with Crippen molar-refractivity contribution in [3.8, 4) is 5.69 Å². The molecular weight excluding hydrogens is 618 g/mol. The molecule has 4 aromatic rings. The molecule has 2 amide bonds. The van der Waals surface area contributed by atoms with Gasteiger partial charge in [-0.1, -0.05) is 46.3 Å². The summed E-state index contributed by atoms with van der Waals surface area (Å²) in [5.41, 5.74) is 5.04. The van der Waals surface area contributed by atoms with Gasteiger partial charge in [0, 0.05) is 46.8 Å². The van der Waals surface area contributed by atoms with Gasteiger partial charge in [-0.05, 0) is 93.1 Å². The van der Waals surface area contributed by atoms with E-state index in [-0.39, 0.29) is 36.0 Å². The number of nitrogens with one attached hydrogen (secondary N) is 1. The van der Waals surface area contributed by atoms with Crippen molar-refractivity contribution in [1.29, 1.82) is 0 Å². The van der Waals surface area contributed by atoms with E-state index in [1.54, 1.807) is 23.7 Å². The topological polar surface area (TPSA) is 87.5 Å². The van der Waals surface area contributed by atoms with Crippen molar-refractivity contribution < 1.29 is 9.59 Å². The summed E-state index contributed by atoms with van der Waals surface area (Å²) in [7, 11) is 1.60. The summed E-state index contributed by atoms with van der Waals surface area (Å²) in [6.45, 7) is 4.81. The lowest BCUT2D eigenvalue weighted by Gasteiger charge is -2.40. The summed E-state index contributed by atoms with van der Waals surface area (Å²) in [5.74, 6) is 0.306. The van der Waals surface area contributed by atoms with Gasteiger partial charge in [0.15, 0.2) is 0 Å². The van der Waals surface area contributed by atoms with E-state index in [2.05, 4.69) is 38.3 Å². The predicted molar refractivity (Wildman–Crippen MR) is 175 cm³/mol. The van der Waals surface area contributed by atoms with Crippen molar-refractivity contribution >= 4 is 33.7 Å². The fourth-order valence-electron chi connectivity index (χ4n) is 6.03. The van der Waals surface area contributed by atoms with Crippen LogP contribution in [0, 0.1) is 6.92 Å². The van der Waals surface area contributed by atoms with E-state index in [0.717, 1.165) is 34.9 Å². The number of carbonyl (C=O) groups is 2. The molecule has 1 atom stereocenters. The average molecular weight is 655 g/mol. The highest BCUT2D eigenvalue weighted by atomic mass is 79.9. The third kappa shape index (κ3) is 5.68. The van der Waals surface area contributed by atoms with Crippen LogP contribution in [-0.4, -0.2) is 45.4 Å². The van der Waals surface area contributed by atoms with Crippen LogP contribution < -0.4 is 15.8 Å². The summed E-state index contributed by atoms with van der Waals surface area (Å²) in [6, 6.07) is 23.0. The molecule has 3 aromatic carbocycles. The van der Waals surface area contributed by atoms with E-state index in [4.69, 9.17) is 4.98 Å². The Morgan fingerprint density at radius 3 is 2.36 bits per heavy atom. The Morgan fingerprint density at radius 1 is 1.02 bits per heavy atom. The van der Waals surface area contributed by atoms with Gasteiger partial charge in [0.05, 0.1) is 17.9 Å². The van der Waals surface area contributed by atoms with Gasteiger partial charge in [0.2, 0.25) is 5.95 Å². The molecule has 8 nitrogen and oxygen atoms in total. The smallest absolute Gasteiger partial charge is 0.263 e. The second-order valence-corrected chi connectivity index (χ2v) is 12.6. The fourth-order valence-corrected chi connectivity index (χ4v) is 6.28. The molecule has 1 unspecified atom stereocenters. The Bertz CT molecular complexity index is 1770. The number of halogens is 1. The molecular formula is C35H36BrN5O3. The first-order chi connectivity index (χ1) is 21.2. The zero-order chi connectivity index (χ0) is 31.0. The largest absolute Gasteiger partial charge is 0.355 e. The van der Waals surface area contributed by atoms with Crippen LogP contribution in [0.3, 0.4) is 0 Å². The van der Waals surface area contributed by atoms with Crippen molar-refractivity contribution in [2.75, 3.05) is 11.9 Å². The number of fused-ring (bicyclic) bond motifs is 1. The van der Waals surface area contributed by atoms with Gasteiger partial charge < -0.3 is 15.1 Å². The highest BCUT2D eigenvalue weighted by molar-refractivity contribution is 9.10. The Morgan fingerprint density at radius 2 is 1.73 bits per heavy atom. The average Bonchev–Trinajstić information content (AvgIpc) is 3.01. The molecule has 1 saturated carbocycles. The van der Waals surface area contributed by atoms with Gasteiger partial charge in [-0.2, -0.15) is 0 Å².